The van der Waals surface area contributed by atoms with E-state index in [1.807, 2.05) is 36.2 Å². The van der Waals surface area contributed by atoms with E-state index in [0.29, 0.717) is 19.6 Å². The van der Waals surface area contributed by atoms with Crippen LogP contribution in [0.3, 0.4) is 0 Å². The van der Waals surface area contributed by atoms with Crippen molar-refractivity contribution in [2.45, 2.75) is 6.10 Å². The van der Waals surface area contributed by atoms with Crippen LogP contribution in [0.25, 0.3) is 0 Å². The number of aliphatic hydroxyl groups is 1. The molecule has 5 heteroatoms. The fourth-order valence-electron chi connectivity index (χ4n) is 2.25. The number of nitrogens with zero attached hydrogens (tertiary/aromatic N) is 2. The molecule has 2 N–H and O–H groups in total. The number of hydrogen-bond acceptors (Lipinski definition) is 4. The van der Waals surface area contributed by atoms with Crippen LogP contribution in [0.4, 0.5) is 5.69 Å². The SMILES string of the molecule is CNCC(O)c1ccc(N2CCN(C)CC2=O)cc1. The molecule has 1 aliphatic heterocycles. The molecule has 1 amide bonds. The standard InChI is InChI=1S/C14H21N3O2/c1-15-9-13(18)11-3-5-12(6-4-11)17-8-7-16(2)10-14(17)19/h3-6,13,15,18H,7-10H2,1-2H3. The maximum absolute atomic E-state index is 12.0. The zero-order chi connectivity index (χ0) is 13.8. The van der Waals surface area contributed by atoms with Crippen LogP contribution in [0.5, 0.6) is 0 Å². The number of likely N-dealkylation sites (N-methyl/N-ethyl adjacent to an activating group) is 2. The normalized spacial score (nSPS) is 18.7. The van der Waals surface area contributed by atoms with Crippen molar-refractivity contribution in [1.82, 2.24) is 10.2 Å². The summed E-state index contributed by atoms with van der Waals surface area (Å²) in [5, 5.41) is 12.8. The molecule has 1 atom stereocenters. The van der Waals surface area contributed by atoms with Gasteiger partial charge in [0.25, 0.3) is 0 Å². The second kappa shape index (κ2) is 6.14. The van der Waals surface area contributed by atoms with E-state index in [1.54, 1.807) is 11.9 Å². The molecule has 1 aliphatic rings. The van der Waals surface area contributed by atoms with Crippen molar-refractivity contribution in [3.05, 3.63) is 29.8 Å². The van der Waals surface area contributed by atoms with Crippen LogP contribution in [0, 0.1) is 0 Å². The summed E-state index contributed by atoms with van der Waals surface area (Å²) in [5.41, 5.74) is 1.76. The second-order valence-electron chi connectivity index (χ2n) is 4.95. The molecule has 1 heterocycles. The molecule has 0 spiro atoms. The monoisotopic (exact) mass is 263 g/mol. The maximum Gasteiger partial charge on any atom is 0.241 e. The van der Waals surface area contributed by atoms with Crippen molar-refractivity contribution in [2.75, 3.05) is 45.2 Å². The van der Waals surface area contributed by atoms with E-state index < -0.39 is 6.10 Å². The summed E-state index contributed by atoms with van der Waals surface area (Å²) >= 11 is 0. The number of piperazine rings is 1. The van der Waals surface area contributed by atoms with Gasteiger partial charge in [-0.05, 0) is 31.8 Å². The summed E-state index contributed by atoms with van der Waals surface area (Å²) in [4.78, 5) is 15.8. The average molecular weight is 263 g/mol. The Bertz CT molecular complexity index is 433. The van der Waals surface area contributed by atoms with Crippen molar-refractivity contribution in [3.63, 3.8) is 0 Å². The number of carbonyl (C=O) groups is 1. The number of carbonyl (C=O) groups excluding carboxylic acids is 1. The first-order valence-corrected chi connectivity index (χ1v) is 6.53. The third-order valence-corrected chi connectivity index (χ3v) is 3.40. The van der Waals surface area contributed by atoms with E-state index >= 15 is 0 Å². The van der Waals surface area contributed by atoms with Crippen LogP contribution in [0.15, 0.2) is 24.3 Å². The molecule has 0 aliphatic carbocycles. The van der Waals surface area contributed by atoms with E-state index in [-0.39, 0.29) is 5.91 Å². The topological polar surface area (TPSA) is 55.8 Å². The molecule has 0 saturated carbocycles. The van der Waals surface area contributed by atoms with Gasteiger partial charge in [-0.15, -0.1) is 0 Å². The molecule has 0 radical (unpaired) electrons. The van der Waals surface area contributed by atoms with Crippen molar-refractivity contribution in [2.24, 2.45) is 0 Å². The smallest absolute Gasteiger partial charge is 0.241 e. The predicted octanol–water partition coefficient (Wildman–Crippen LogP) is 0.218. The fourth-order valence-corrected chi connectivity index (χ4v) is 2.25. The van der Waals surface area contributed by atoms with Crippen LogP contribution in [-0.4, -0.2) is 56.2 Å². The number of amides is 1. The first-order valence-electron chi connectivity index (χ1n) is 6.53. The lowest BCUT2D eigenvalue weighted by molar-refractivity contribution is -0.120. The van der Waals surface area contributed by atoms with Gasteiger partial charge in [-0.2, -0.15) is 0 Å². The zero-order valence-corrected chi connectivity index (χ0v) is 11.5. The van der Waals surface area contributed by atoms with Crippen molar-refractivity contribution >= 4 is 11.6 Å². The molecule has 1 unspecified atom stereocenters. The number of hydrogen-bond donors (Lipinski definition) is 2. The molecule has 1 aromatic carbocycles. The Morgan fingerprint density at radius 3 is 2.58 bits per heavy atom. The van der Waals surface area contributed by atoms with Crippen LogP contribution in [0.2, 0.25) is 0 Å². The highest BCUT2D eigenvalue weighted by atomic mass is 16.3. The van der Waals surface area contributed by atoms with Crippen LogP contribution < -0.4 is 10.2 Å². The molecule has 1 saturated heterocycles. The summed E-state index contributed by atoms with van der Waals surface area (Å²) in [6.45, 7) is 2.58. The van der Waals surface area contributed by atoms with Crippen molar-refractivity contribution < 1.29 is 9.90 Å². The van der Waals surface area contributed by atoms with E-state index in [9.17, 15) is 9.90 Å². The van der Waals surface area contributed by atoms with E-state index in [4.69, 9.17) is 0 Å². The Morgan fingerprint density at radius 1 is 1.32 bits per heavy atom. The van der Waals surface area contributed by atoms with Crippen molar-refractivity contribution in [3.8, 4) is 0 Å². The zero-order valence-electron chi connectivity index (χ0n) is 11.5. The molecule has 19 heavy (non-hydrogen) atoms. The summed E-state index contributed by atoms with van der Waals surface area (Å²) in [5.74, 6) is 0.122. The Balaban J connectivity index is 2.08. The van der Waals surface area contributed by atoms with Crippen LogP contribution >= 0.6 is 0 Å². The molecular formula is C14H21N3O2. The molecule has 2 rings (SSSR count). The summed E-state index contributed by atoms with van der Waals surface area (Å²) in [7, 11) is 3.76. The second-order valence-corrected chi connectivity index (χ2v) is 4.95. The van der Waals surface area contributed by atoms with Gasteiger partial charge in [0.15, 0.2) is 0 Å². The van der Waals surface area contributed by atoms with Gasteiger partial charge >= 0.3 is 0 Å². The molecule has 5 nitrogen and oxygen atoms in total. The van der Waals surface area contributed by atoms with Crippen molar-refractivity contribution in [1.29, 1.82) is 0 Å². The van der Waals surface area contributed by atoms with Gasteiger partial charge in [-0.3, -0.25) is 9.69 Å². The predicted molar refractivity (Wildman–Crippen MR) is 75.2 cm³/mol. The van der Waals surface area contributed by atoms with E-state index in [2.05, 4.69) is 5.32 Å². The van der Waals surface area contributed by atoms with Gasteiger partial charge in [-0.25, -0.2) is 0 Å². The van der Waals surface area contributed by atoms with Gasteiger partial charge in [0.2, 0.25) is 5.91 Å². The van der Waals surface area contributed by atoms with Gasteiger partial charge in [0.1, 0.15) is 0 Å². The summed E-state index contributed by atoms with van der Waals surface area (Å²) in [6, 6.07) is 7.56. The molecule has 104 valence electrons. The lowest BCUT2D eigenvalue weighted by Gasteiger charge is -2.32. The molecular weight excluding hydrogens is 242 g/mol. The summed E-state index contributed by atoms with van der Waals surface area (Å²) in [6.07, 6.45) is -0.512. The molecule has 0 aromatic heterocycles. The highest BCUT2D eigenvalue weighted by molar-refractivity contribution is 5.95. The number of nitrogens with one attached hydrogen (secondary N) is 1. The number of anilines is 1. The number of benzene rings is 1. The van der Waals surface area contributed by atoms with Crippen LogP contribution in [-0.2, 0) is 4.79 Å². The third-order valence-electron chi connectivity index (χ3n) is 3.40. The quantitative estimate of drug-likeness (QED) is 0.816. The maximum atomic E-state index is 12.0. The third kappa shape index (κ3) is 3.32. The van der Waals surface area contributed by atoms with Gasteiger partial charge in [-0.1, -0.05) is 12.1 Å². The number of aliphatic hydroxyl groups excluding tert-OH is 1. The molecule has 1 fully saturated rings. The lowest BCUT2D eigenvalue weighted by atomic mass is 10.1. The Hall–Kier alpha value is -1.43. The highest BCUT2D eigenvalue weighted by Gasteiger charge is 2.22. The Morgan fingerprint density at radius 2 is 2.00 bits per heavy atom. The van der Waals surface area contributed by atoms with Crippen LogP contribution in [0.1, 0.15) is 11.7 Å². The molecule has 0 bridgehead atoms. The van der Waals surface area contributed by atoms with Gasteiger partial charge < -0.3 is 15.3 Å². The fraction of sp³-hybridized carbons (Fsp3) is 0.500. The minimum absolute atomic E-state index is 0.122. The number of rotatable bonds is 4. The van der Waals surface area contributed by atoms with Gasteiger partial charge in [0.05, 0.1) is 12.6 Å². The lowest BCUT2D eigenvalue weighted by Crippen LogP contribution is -2.48. The summed E-state index contributed by atoms with van der Waals surface area (Å²) < 4.78 is 0. The molecule has 1 aromatic rings. The average Bonchev–Trinajstić information content (AvgIpc) is 2.39. The first kappa shape index (κ1) is 14.0. The first-order chi connectivity index (χ1) is 9.11. The van der Waals surface area contributed by atoms with E-state index in [0.717, 1.165) is 17.8 Å². The minimum Gasteiger partial charge on any atom is -0.387 e. The largest absolute Gasteiger partial charge is 0.387 e. The highest BCUT2D eigenvalue weighted by Crippen LogP contribution is 2.20. The minimum atomic E-state index is -0.512. The van der Waals surface area contributed by atoms with Gasteiger partial charge in [0, 0.05) is 25.3 Å². The Labute approximate surface area is 113 Å². The Kier molecular flexibility index (Phi) is 4.52. The van der Waals surface area contributed by atoms with E-state index in [1.165, 1.54) is 0 Å².